The van der Waals surface area contributed by atoms with Gasteiger partial charge >= 0.3 is 0 Å². The highest BCUT2D eigenvalue weighted by molar-refractivity contribution is 5.40. The van der Waals surface area contributed by atoms with E-state index in [4.69, 9.17) is 0 Å². The summed E-state index contributed by atoms with van der Waals surface area (Å²) in [4.78, 5) is 2.37. The van der Waals surface area contributed by atoms with Gasteiger partial charge in [-0.1, -0.05) is 29.8 Å². The lowest BCUT2D eigenvalue weighted by Gasteiger charge is -2.29. The topological polar surface area (TPSA) is 23.5 Å². The Kier molecular flexibility index (Phi) is 2.61. The molecule has 18 heavy (non-hydrogen) atoms. The predicted octanol–water partition coefficient (Wildman–Crippen LogP) is 3.52. The van der Waals surface area contributed by atoms with Gasteiger partial charge < -0.3 is 10.0 Å². The highest BCUT2D eigenvalue weighted by Gasteiger charge is 2.43. The molecule has 1 fully saturated rings. The molecule has 0 saturated carbocycles. The average Bonchev–Trinajstić information content (AvgIpc) is 2.64. The molecule has 0 aromatic heterocycles. The maximum absolute atomic E-state index is 10.6. The second kappa shape index (κ2) is 4.04. The summed E-state index contributed by atoms with van der Waals surface area (Å²) in [7, 11) is 0. The van der Waals surface area contributed by atoms with Gasteiger partial charge in [0.05, 0.1) is 11.1 Å². The summed E-state index contributed by atoms with van der Waals surface area (Å²) in [6.07, 6.45) is 3.49. The zero-order valence-corrected chi connectivity index (χ0v) is 11.2. The molecule has 0 radical (unpaired) electrons. The van der Waals surface area contributed by atoms with E-state index in [0.29, 0.717) is 5.76 Å². The van der Waals surface area contributed by atoms with Crippen LogP contribution in [0.1, 0.15) is 37.3 Å². The van der Waals surface area contributed by atoms with Gasteiger partial charge in [0.15, 0.2) is 0 Å². The van der Waals surface area contributed by atoms with Crippen LogP contribution in [0, 0.1) is 6.92 Å². The number of aryl methyl sites for hydroxylation is 1. The van der Waals surface area contributed by atoms with Crippen LogP contribution in [0.15, 0.2) is 35.7 Å². The number of rotatable bonds is 1. The van der Waals surface area contributed by atoms with Crippen LogP contribution >= 0.6 is 0 Å². The molecule has 1 saturated heterocycles. The fraction of sp³-hybridized carbons (Fsp3) is 0.500. The summed E-state index contributed by atoms with van der Waals surface area (Å²) in [6.45, 7) is 6.29. The van der Waals surface area contributed by atoms with Crippen molar-refractivity contribution in [3.8, 4) is 0 Å². The molecule has 0 spiro atoms. The van der Waals surface area contributed by atoms with Gasteiger partial charge in [0, 0.05) is 13.1 Å². The number of hydrogen-bond donors (Lipinski definition) is 1. The molecule has 1 unspecified atom stereocenters. The van der Waals surface area contributed by atoms with Crippen LogP contribution in [0.25, 0.3) is 0 Å². The van der Waals surface area contributed by atoms with Gasteiger partial charge in [-0.2, -0.15) is 0 Å². The number of hydrogen-bond acceptors (Lipinski definition) is 2. The van der Waals surface area contributed by atoms with Gasteiger partial charge in [0.2, 0.25) is 0 Å². The smallest absolute Gasteiger partial charge is 0.123 e. The van der Waals surface area contributed by atoms with Crippen molar-refractivity contribution in [2.75, 3.05) is 13.1 Å². The third-order valence-electron chi connectivity index (χ3n) is 4.47. The Morgan fingerprint density at radius 3 is 2.56 bits per heavy atom. The minimum Gasteiger partial charge on any atom is -0.509 e. The molecule has 2 aliphatic rings. The second-order valence-electron chi connectivity index (χ2n) is 5.87. The predicted molar refractivity (Wildman–Crippen MR) is 73.6 cm³/mol. The molecule has 3 rings (SSSR count). The highest BCUT2D eigenvalue weighted by Crippen LogP contribution is 2.43. The normalized spacial score (nSPS) is 27.6. The Hall–Kier alpha value is -1.44. The Morgan fingerprint density at radius 1 is 1.17 bits per heavy atom. The molecule has 1 aromatic rings. The number of piperidine rings is 1. The number of allylic oxidation sites excluding steroid dienone is 1. The number of nitrogens with zero attached hydrogens (tertiary/aromatic N) is 1. The van der Waals surface area contributed by atoms with Crippen molar-refractivity contribution >= 4 is 0 Å². The average molecular weight is 243 g/mol. The van der Waals surface area contributed by atoms with Crippen molar-refractivity contribution in [1.29, 1.82) is 0 Å². The number of benzene rings is 1. The zero-order valence-electron chi connectivity index (χ0n) is 11.2. The van der Waals surface area contributed by atoms with E-state index in [-0.39, 0.29) is 5.41 Å². The van der Waals surface area contributed by atoms with Gasteiger partial charge in [-0.05, 0) is 38.7 Å². The van der Waals surface area contributed by atoms with Gasteiger partial charge in [-0.25, -0.2) is 0 Å². The van der Waals surface area contributed by atoms with Crippen LogP contribution in [0.5, 0.6) is 0 Å². The molecule has 2 nitrogen and oxygen atoms in total. The standard InChI is InChI=1S/C16H21NO/c1-12-6-8-13(9-7-12)16(2)11-17-10-4-3-5-14(17)15(16)18/h6-9,18H,3-5,10-11H2,1-2H3. The minimum absolute atomic E-state index is 0.215. The molecule has 0 bridgehead atoms. The van der Waals surface area contributed by atoms with Crippen molar-refractivity contribution in [2.45, 2.75) is 38.5 Å². The molecule has 1 aromatic carbocycles. The Labute approximate surface area is 109 Å². The van der Waals surface area contributed by atoms with Crippen LogP contribution in [-0.4, -0.2) is 23.1 Å². The van der Waals surface area contributed by atoms with E-state index in [9.17, 15) is 5.11 Å². The molecule has 0 aliphatic carbocycles. The summed E-state index contributed by atoms with van der Waals surface area (Å²) in [5.74, 6) is 0.603. The number of aliphatic hydroxyl groups is 1. The molecule has 2 aliphatic heterocycles. The molecule has 2 heteroatoms. The SMILES string of the molecule is Cc1ccc(C2(C)CN3CCCCC3=C2O)cc1. The molecule has 1 atom stereocenters. The fourth-order valence-electron chi connectivity index (χ4n) is 3.26. The molecular formula is C16H21NO. The van der Waals surface area contributed by atoms with Crippen LogP contribution in [-0.2, 0) is 5.41 Å². The van der Waals surface area contributed by atoms with Crippen molar-refractivity contribution in [1.82, 2.24) is 4.90 Å². The number of fused-ring (bicyclic) bond motifs is 1. The molecule has 96 valence electrons. The Morgan fingerprint density at radius 2 is 1.89 bits per heavy atom. The van der Waals surface area contributed by atoms with Crippen LogP contribution in [0.4, 0.5) is 0 Å². The van der Waals surface area contributed by atoms with Crippen molar-refractivity contribution < 1.29 is 5.11 Å². The summed E-state index contributed by atoms with van der Waals surface area (Å²) in [5, 5.41) is 10.6. The lowest BCUT2D eigenvalue weighted by molar-refractivity contribution is 0.280. The van der Waals surface area contributed by atoms with Crippen molar-refractivity contribution in [3.05, 3.63) is 46.8 Å². The van der Waals surface area contributed by atoms with Crippen molar-refractivity contribution in [3.63, 3.8) is 0 Å². The highest BCUT2D eigenvalue weighted by atomic mass is 16.3. The van der Waals surface area contributed by atoms with E-state index in [2.05, 4.69) is 43.0 Å². The maximum Gasteiger partial charge on any atom is 0.123 e. The summed E-state index contributed by atoms with van der Waals surface area (Å²) < 4.78 is 0. The van der Waals surface area contributed by atoms with Crippen molar-refractivity contribution in [2.24, 2.45) is 0 Å². The second-order valence-corrected chi connectivity index (χ2v) is 5.87. The summed E-state index contributed by atoms with van der Waals surface area (Å²) in [6, 6.07) is 8.58. The van der Waals surface area contributed by atoms with E-state index < -0.39 is 0 Å². The maximum atomic E-state index is 10.6. The lowest BCUT2D eigenvalue weighted by Crippen LogP contribution is -2.33. The van der Waals surface area contributed by atoms with E-state index in [1.165, 1.54) is 29.7 Å². The zero-order chi connectivity index (χ0) is 12.8. The summed E-state index contributed by atoms with van der Waals surface area (Å²) >= 11 is 0. The van der Waals surface area contributed by atoms with E-state index in [0.717, 1.165) is 19.5 Å². The first kappa shape index (κ1) is 11.6. The van der Waals surface area contributed by atoms with Crippen LogP contribution in [0.2, 0.25) is 0 Å². The van der Waals surface area contributed by atoms with E-state index in [1.807, 2.05) is 0 Å². The third-order valence-corrected chi connectivity index (χ3v) is 4.47. The Bertz CT molecular complexity index is 488. The molecule has 1 N–H and O–H groups in total. The molecule has 2 heterocycles. The first-order valence-electron chi connectivity index (χ1n) is 6.86. The van der Waals surface area contributed by atoms with E-state index >= 15 is 0 Å². The monoisotopic (exact) mass is 243 g/mol. The third kappa shape index (κ3) is 1.63. The molecule has 0 amide bonds. The van der Waals surface area contributed by atoms with Crippen LogP contribution in [0.3, 0.4) is 0 Å². The van der Waals surface area contributed by atoms with Gasteiger partial charge in [-0.3, -0.25) is 0 Å². The minimum atomic E-state index is -0.215. The number of aliphatic hydroxyl groups excluding tert-OH is 1. The summed E-state index contributed by atoms with van der Waals surface area (Å²) in [5.41, 5.74) is 3.47. The first-order valence-corrected chi connectivity index (χ1v) is 6.86. The lowest BCUT2D eigenvalue weighted by atomic mass is 9.81. The van der Waals surface area contributed by atoms with Gasteiger partial charge in [0.25, 0.3) is 0 Å². The quantitative estimate of drug-likeness (QED) is 0.815. The van der Waals surface area contributed by atoms with Gasteiger partial charge in [0.1, 0.15) is 5.76 Å². The Balaban J connectivity index is 2.01. The largest absolute Gasteiger partial charge is 0.509 e. The van der Waals surface area contributed by atoms with E-state index in [1.54, 1.807) is 0 Å². The fourth-order valence-corrected chi connectivity index (χ4v) is 3.26. The first-order chi connectivity index (χ1) is 8.61. The molecular weight excluding hydrogens is 222 g/mol. The van der Waals surface area contributed by atoms with Crippen LogP contribution < -0.4 is 0 Å². The van der Waals surface area contributed by atoms with Gasteiger partial charge in [-0.15, -0.1) is 0 Å².